The Hall–Kier alpha value is -1.62. The lowest BCUT2D eigenvalue weighted by molar-refractivity contribution is 0.0917. The highest BCUT2D eigenvalue weighted by atomic mass is 35.5. The standard InChI is InChI=1S/C22H31ClN4O/c1-5-6-9-27-21-18(13(3)26-27)19(20(23)14(4)24-21)22(28)25-12(2)17-11-15-7-8-16(17)10-15/h12,15-17H,5-11H2,1-4H3,(H,25,28)/t12-,15+,16+,17-/m0/s1. The molecule has 0 aromatic carbocycles. The fourth-order valence-electron chi connectivity index (χ4n) is 5.44. The van der Waals surface area contributed by atoms with Crippen molar-refractivity contribution in [2.24, 2.45) is 17.8 Å². The molecule has 28 heavy (non-hydrogen) atoms. The number of pyridine rings is 1. The van der Waals surface area contributed by atoms with Crippen LogP contribution in [0.5, 0.6) is 0 Å². The van der Waals surface area contributed by atoms with Gasteiger partial charge >= 0.3 is 0 Å². The summed E-state index contributed by atoms with van der Waals surface area (Å²) in [6.45, 7) is 8.92. The average Bonchev–Trinajstić information content (AvgIpc) is 3.36. The number of nitrogens with one attached hydrogen (secondary N) is 1. The van der Waals surface area contributed by atoms with Crippen molar-refractivity contribution in [3.05, 3.63) is 22.0 Å². The molecule has 2 heterocycles. The highest BCUT2D eigenvalue weighted by molar-refractivity contribution is 6.36. The molecule has 0 aliphatic heterocycles. The van der Waals surface area contributed by atoms with Crippen LogP contribution in [0.1, 0.15) is 74.1 Å². The Morgan fingerprint density at radius 2 is 2.07 bits per heavy atom. The first-order chi connectivity index (χ1) is 13.4. The molecule has 1 N–H and O–H groups in total. The molecular formula is C22H31ClN4O. The fourth-order valence-corrected chi connectivity index (χ4v) is 5.67. The molecule has 0 saturated heterocycles. The highest BCUT2D eigenvalue weighted by Crippen LogP contribution is 2.49. The average molecular weight is 403 g/mol. The fraction of sp³-hybridized carbons (Fsp3) is 0.682. The van der Waals surface area contributed by atoms with E-state index in [0.29, 0.717) is 22.2 Å². The van der Waals surface area contributed by atoms with Crippen molar-refractivity contribution in [1.82, 2.24) is 20.1 Å². The van der Waals surface area contributed by atoms with Gasteiger partial charge in [-0.05, 0) is 64.2 Å². The molecule has 6 heteroatoms. The SMILES string of the molecule is CCCCn1nc(C)c2c(C(=O)N[C@@H](C)[C@@H]3C[C@@H]4CC[C@@H]3C4)c(Cl)c(C)nc21. The molecule has 1 amide bonds. The molecule has 2 aliphatic carbocycles. The molecule has 2 aromatic heterocycles. The Kier molecular flexibility index (Phi) is 5.38. The number of hydrogen-bond acceptors (Lipinski definition) is 3. The zero-order valence-corrected chi connectivity index (χ0v) is 18.1. The van der Waals surface area contributed by atoms with Crippen LogP contribution in [-0.4, -0.2) is 26.7 Å². The lowest BCUT2D eigenvalue weighted by Gasteiger charge is -2.28. The third kappa shape index (κ3) is 3.32. The van der Waals surface area contributed by atoms with Gasteiger partial charge in [-0.25, -0.2) is 9.67 Å². The van der Waals surface area contributed by atoms with Gasteiger partial charge in [-0.1, -0.05) is 31.4 Å². The molecule has 2 aromatic rings. The van der Waals surface area contributed by atoms with Crippen molar-refractivity contribution in [3.8, 4) is 0 Å². The minimum absolute atomic E-state index is 0.0890. The van der Waals surface area contributed by atoms with E-state index in [1.54, 1.807) is 0 Å². The molecule has 2 fully saturated rings. The summed E-state index contributed by atoms with van der Waals surface area (Å²) in [7, 11) is 0. The van der Waals surface area contributed by atoms with Crippen molar-refractivity contribution in [3.63, 3.8) is 0 Å². The van der Waals surface area contributed by atoms with Gasteiger partial charge in [-0.15, -0.1) is 0 Å². The largest absolute Gasteiger partial charge is 0.349 e. The molecule has 4 atom stereocenters. The number of aryl methyl sites for hydroxylation is 3. The van der Waals surface area contributed by atoms with E-state index in [1.165, 1.54) is 25.7 Å². The third-order valence-electron chi connectivity index (χ3n) is 6.91. The van der Waals surface area contributed by atoms with Crippen molar-refractivity contribution in [2.45, 2.75) is 78.8 Å². The van der Waals surface area contributed by atoms with E-state index < -0.39 is 0 Å². The predicted molar refractivity (Wildman–Crippen MR) is 113 cm³/mol. The minimum atomic E-state index is -0.0890. The molecule has 5 nitrogen and oxygen atoms in total. The number of rotatable bonds is 6. The molecule has 2 saturated carbocycles. The first-order valence-corrected chi connectivity index (χ1v) is 11.1. The van der Waals surface area contributed by atoms with Gasteiger partial charge in [0, 0.05) is 12.6 Å². The van der Waals surface area contributed by atoms with Crippen molar-refractivity contribution >= 4 is 28.5 Å². The smallest absolute Gasteiger partial charge is 0.253 e. The molecular weight excluding hydrogens is 372 g/mol. The summed E-state index contributed by atoms with van der Waals surface area (Å²) in [6, 6.07) is 0.165. The van der Waals surface area contributed by atoms with E-state index in [1.807, 2.05) is 18.5 Å². The van der Waals surface area contributed by atoms with Gasteiger partial charge < -0.3 is 5.32 Å². The quantitative estimate of drug-likeness (QED) is 0.734. The third-order valence-corrected chi connectivity index (χ3v) is 7.37. The molecule has 4 rings (SSSR count). The van der Waals surface area contributed by atoms with Gasteiger partial charge in [0.2, 0.25) is 0 Å². The lowest BCUT2D eigenvalue weighted by Crippen LogP contribution is -2.40. The molecule has 0 unspecified atom stereocenters. The van der Waals surface area contributed by atoms with Crippen LogP contribution in [0.2, 0.25) is 5.02 Å². The molecule has 2 aliphatic rings. The molecule has 152 valence electrons. The molecule has 2 bridgehead atoms. The number of unbranched alkanes of at least 4 members (excludes halogenated alkanes) is 1. The zero-order valence-electron chi connectivity index (χ0n) is 17.4. The first kappa shape index (κ1) is 19.7. The minimum Gasteiger partial charge on any atom is -0.349 e. The van der Waals surface area contributed by atoms with Gasteiger partial charge in [0.25, 0.3) is 5.91 Å². The lowest BCUT2D eigenvalue weighted by atomic mass is 9.84. The molecule has 0 radical (unpaired) electrons. The number of nitrogens with zero attached hydrogens (tertiary/aromatic N) is 3. The zero-order chi connectivity index (χ0) is 20.0. The van der Waals surface area contributed by atoms with Gasteiger partial charge in [-0.3, -0.25) is 4.79 Å². The van der Waals surface area contributed by atoms with Gasteiger partial charge in [0.15, 0.2) is 5.65 Å². The summed E-state index contributed by atoms with van der Waals surface area (Å²) in [5, 5.41) is 9.17. The Morgan fingerprint density at radius 1 is 1.29 bits per heavy atom. The van der Waals surface area contributed by atoms with Crippen LogP contribution in [0.3, 0.4) is 0 Å². The van der Waals surface area contributed by atoms with Crippen LogP contribution in [0.25, 0.3) is 11.0 Å². The Labute approximate surface area is 172 Å². The maximum atomic E-state index is 13.3. The summed E-state index contributed by atoms with van der Waals surface area (Å²) < 4.78 is 1.92. The summed E-state index contributed by atoms with van der Waals surface area (Å²) >= 11 is 6.60. The Morgan fingerprint density at radius 3 is 2.71 bits per heavy atom. The summed E-state index contributed by atoms with van der Waals surface area (Å²) in [6.07, 6.45) is 7.39. The number of carbonyl (C=O) groups excluding carboxylic acids is 1. The van der Waals surface area contributed by atoms with Crippen molar-refractivity contribution < 1.29 is 4.79 Å². The number of aromatic nitrogens is 3. The highest BCUT2D eigenvalue weighted by Gasteiger charge is 2.42. The number of hydrogen-bond donors (Lipinski definition) is 1. The Bertz CT molecular complexity index is 906. The van der Waals surface area contributed by atoms with Crippen LogP contribution in [0.4, 0.5) is 0 Å². The molecule has 0 spiro atoms. The maximum absolute atomic E-state index is 13.3. The van der Waals surface area contributed by atoms with Crippen LogP contribution in [0, 0.1) is 31.6 Å². The van der Waals surface area contributed by atoms with E-state index >= 15 is 0 Å². The normalized spacial score (nSPS) is 24.8. The Balaban J connectivity index is 1.66. The summed E-state index contributed by atoms with van der Waals surface area (Å²) in [5.41, 5.74) is 2.81. The second kappa shape index (κ2) is 7.66. The second-order valence-electron chi connectivity index (χ2n) is 8.85. The number of amides is 1. The van der Waals surface area contributed by atoms with E-state index in [-0.39, 0.29) is 11.9 Å². The first-order valence-electron chi connectivity index (χ1n) is 10.7. The van der Waals surface area contributed by atoms with Gasteiger partial charge in [0.05, 0.1) is 27.4 Å². The van der Waals surface area contributed by atoms with Crippen molar-refractivity contribution in [1.29, 1.82) is 0 Å². The van der Waals surface area contributed by atoms with E-state index in [0.717, 1.165) is 47.9 Å². The van der Waals surface area contributed by atoms with Gasteiger partial charge in [-0.2, -0.15) is 5.10 Å². The summed E-state index contributed by atoms with van der Waals surface area (Å²) in [4.78, 5) is 18.0. The van der Waals surface area contributed by atoms with E-state index in [4.69, 9.17) is 11.6 Å². The van der Waals surface area contributed by atoms with Crippen molar-refractivity contribution in [2.75, 3.05) is 0 Å². The number of carbonyl (C=O) groups is 1. The monoisotopic (exact) mass is 402 g/mol. The van der Waals surface area contributed by atoms with Crippen LogP contribution in [-0.2, 0) is 6.54 Å². The number of halogens is 1. The second-order valence-corrected chi connectivity index (χ2v) is 9.23. The number of fused-ring (bicyclic) bond motifs is 3. The summed E-state index contributed by atoms with van der Waals surface area (Å²) in [5.74, 6) is 2.14. The topological polar surface area (TPSA) is 59.8 Å². The predicted octanol–water partition coefficient (Wildman–Crippen LogP) is 5.06. The van der Waals surface area contributed by atoms with Gasteiger partial charge in [0.1, 0.15) is 0 Å². The van der Waals surface area contributed by atoms with E-state index in [2.05, 4.69) is 29.2 Å². The van der Waals surface area contributed by atoms with E-state index in [9.17, 15) is 4.79 Å². The van der Waals surface area contributed by atoms with Crippen LogP contribution in [0.15, 0.2) is 0 Å². The maximum Gasteiger partial charge on any atom is 0.253 e. The van der Waals surface area contributed by atoms with Crippen LogP contribution >= 0.6 is 11.6 Å². The van der Waals surface area contributed by atoms with Crippen LogP contribution < -0.4 is 5.32 Å².